The van der Waals surface area contributed by atoms with Crippen LogP contribution in [0.1, 0.15) is 0 Å². The van der Waals surface area contributed by atoms with Crippen LogP contribution in [0.15, 0.2) is 112 Å². The van der Waals surface area contributed by atoms with Crippen molar-refractivity contribution < 1.29 is 4.42 Å². The average Bonchev–Trinajstić information content (AvgIpc) is 3.51. The minimum Gasteiger partial charge on any atom is -0.454 e. The zero-order chi connectivity index (χ0) is 20.6. The molecule has 1 N–H and O–H groups in total. The van der Waals surface area contributed by atoms with Gasteiger partial charge in [0.15, 0.2) is 17.1 Å². The van der Waals surface area contributed by atoms with Gasteiger partial charge in [0.1, 0.15) is 5.58 Å². The lowest BCUT2D eigenvalue weighted by atomic mass is 10.2. The number of furan rings is 1. The fraction of sp³-hybridized carbons (Fsp3) is 0. The van der Waals surface area contributed by atoms with Crippen molar-refractivity contribution in [3.8, 4) is 22.7 Å². The summed E-state index contributed by atoms with van der Waals surface area (Å²) in [4.78, 5) is 4.82. The molecule has 31 heavy (non-hydrogen) atoms. The fourth-order valence-electron chi connectivity index (χ4n) is 3.64. The highest BCUT2D eigenvalue weighted by molar-refractivity contribution is 5.85. The second-order valence-corrected chi connectivity index (χ2v) is 7.20. The molecule has 0 spiro atoms. The van der Waals surface area contributed by atoms with Gasteiger partial charge in [-0.1, -0.05) is 66.7 Å². The molecule has 0 fully saturated rings. The van der Waals surface area contributed by atoms with E-state index in [1.54, 1.807) is 0 Å². The van der Waals surface area contributed by atoms with E-state index in [1.807, 2.05) is 89.4 Å². The van der Waals surface area contributed by atoms with Crippen LogP contribution in [0.4, 0.5) is 11.5 Å². The summed E-state index contributed by atoms with van der Waals surface area (Å²) in [6.07, 6.45) is 0. The SMILES string of the molecule is c1ccc(N=Nc2c(-c3cc4ccccc4o3)nc3cc(-c4ccccc4)[nH]n23)cc1. The van der Waals surface area contributed by atoms with E-state index in [2.05, 4.69) is 27.5 Å². The molecule has 0 atom stereocenters. The molecule has 6 rings (SSSR count). The molecule has 6 heteroatoms. The summed E-state index contributed by atoms with van der Waals surface area (Å²) in [5, 5.41) is 13.4. The third kappa shape index (κ3) is 3.11. The van der Waals surface area contributed by atoms with Crippen LogP contribution in [0.25, 0.3) is 39.3 Å². The van der Waals surface area contributed by atoms with Crippen LogP contribution in [-0.2, 0) is 0 Å². The predicted octanol–water partition coefficient (Wildman–Crippen LogP) is 7.16. The Morgan fingerprint density at radius 2 is 1.52 bits per heavy atom. The Balaban J connectivity index is 1.53. The van der Waals surface area contributed by atoms with Crippen molar-refractivity contribution in [2.24, 2.45) is 10.2 Å². The molecule has 0 bridgehead atoms. The Hall–Kier alpha value is -4.45. The van der Waals surface area contributed by atoms with Crippen LogP contribution in [-0.4, -0.2) is 14.6 Å². The highest BCUT2D eigenvalue weighted by Gasteiger charge is 2.20. The molecule has 0 aliphatic carbocycles. The number of nitrogens with one attached hydrogen (secondary N) is 1. The minimum atomic E-state index is 0.583. The normalized spacial score (nSPS) is 11.7. The molecule has 3 aromatic heterocycles. The van der Waals surface area contributed by atoms with Gasteiger partial charge in [0, 0.05) is 11.5 Å². The lowest BCUT2D eigenvalue weighted by Gasteiger charge is -1.98. The van der Waals surface area contributed by atoms with Gasteiger partial charge in [0.2, 0.25) is 5.82 Å². The number of azo groups is 1. The molecule has 6 nitrogen and oxygen atoms in total. The average molecular weight is 403 g/mol. The summed E-state index contributed by atoms with van der Waals surface area (Å²) in [6, 6.07) is 31.6. The van der Waals surface area contributed by atoms with Gasteiger partial charge in [-0.2, -0.15) is 0 Å². The summed E-state index contributed by atoms with van der Waals surface area (Å²) in [5.41, 5.74) is 4.99. The van der Waals surface area contributed by atoms with Gasteiger partial charge in [-0.05, 0) is 29.8 Å². The van der Waals surface area contributed by atoms with Crippen LogP contribution in [0.5, 0.6) is 0 Å². The zero-order valence-corrected chi connectivity index (χ0v) is 16.4. The number of H-pyrrole nitrogens is 1. The van der Waals surface area contributed by atoms with Crippen molar-refractivity contribution in [2.45, 2.75) is 0 Å². The molecule has 0 saturated heterocycles. The molecular weight excluding hydrogens is 386 g/mol. The highest BCUT2D eigenvalue weighted by Crippen LogP contribution is 2.36. The van der Waals surface area contributed by atoms with Crippen molar-refractivity contribution in [3.63, 3.8) is 0 Å². The first-order chi connectivity index (χ1) is 15.3. The third-order valence-electron chi connectivity index (χ3n) is 5.14. The Kier molecular flexibility index (Phi) is 3.99. The standard InChI is InChI=1S/C25H17N5O/c1-3-9-17(10-4-1)20-16-23-26-24(22-15-18-11-7-8-14-21(18)31-22)25(30(23)29-20)28-27-19-12-5-2-6-13-19/h1-16,29H. The molecule has 3 aromatic carbocycles. The summed E-state index contributed by atoms with van der Waals surface area (Å²) in [5.74, 6) is 1.24. The molecule has 0 aliphatic rings. The quantitative estimate of drug-likeness (QED) is 0.317. The Morgan fingerprint density at radius 1 is 0.774 bits per heavy atom. The summed E-state index contributed by atoms with van der Waals surface area (Å²) in [6.45, 7) is 0. The molecule has 3 heterocycles. The number of rotatable bonds is 4. The molecule has 148 valence electrons. The van der Waals surface area contributed by atoms with Gasteiger partial charge < -0.3 is 4.42 Å². The van der Waals surface area contributed by atoms with Crippen LogP contribution in [0.3, 0.4) is 0 Å². The van der Waals surface area contributed by atoms with E-state index in [0.29, 0.717) is 17.3 Å². The minimum absolute atomic E-state index is 0.583. The van der Waals surface area contributed by atoms with Gasteiger partial charge in [-0.3, -0.25) is 5.10 Å². The molecule has 0 amide bonds. The second kappa shape index (κ2) is 7.11. The molecule has 0 unspecified atom stereocenters. The number of nitrogens with zero attached hydrogens (tertiary/aromatic N) is 4. The maximum Gasteiger partial charge on any atom is 0.205 e. The molecule has 0 radical (unpaired) electrons. The predicted molar refractivity (Wildman–Crippen MR) is 121 cm³/mol. The van der Waals surface area contributed by atoms with Gasteiger partial charge in [0.05, 0.1) is 11.4 Å². The van der Waals surface area contributed by atoms with Crippen molar-refractivity contribution in [3.05, 3.63) is 97.1 Å². The van der Waals surface area contributed by atoms with Crippen molar-refractivity contribution >= 4 is 28.1 Å². The first kappa shape index (κ1) is 17.4. The number of benzene rings is 3. The number of aromatic amines is 1. The van der Waals surface area contributed by atoms with E-state index in [-0.39, 0.29) is 0 Å². The molecular formula is C25H17N5O. The lowest BCUT2D eigenvalue weighted by molar-refractivity contribution is 0.629. The van der Waals surface area contributed by atoms with Crippen LogP contribution in [0, 0.1) is 0 Å². The van der Waals surface area contributed by atoms with Crippen molar-refractivity contribution in [1.29, 1.82) is 0 Å². The maximum absolute atomic E-state index is 6.07. The van der Waals surface area contributed by atoms with Crippen LogP contribution in [0.2, 0.25) is 0 Å². The van der Waals surface area contributed by atoms with Gasteiger partial charge in [0.25, 0.3) is 0 Å². The smallest absolute Gasteiger partial charge is 0.205 e. The number of hydrogen-bond acceptors (Lipinski definition) is 4. The molecule has 6 aromatic rings. The largest absolute Gasteiger partial charge is 0.454 e. The van der Waals surface area contributed by atoms with Crippen molar-refractivity contribution in [2.75, 3.05) is 0 Å². The van der Waals surface area contributed by atoms with Crippen molar-refractivity contribution in [1.82, 2.24) is 14.6 Å². The van der Waals surface area contributed by atoms with E-state index in [9.17, 15) is 0 Å². The van der Waals surface area contributed by atoms with E-state index in [0.717, 1.165) is 33.6 Å². The van der Waals surface area contributed by atoms with Gasteiger partial charge >= 0.3 is 0 Å². The molecule has 0 saturated carbocycles. The summed E-state index contributed by atoms with van der Waals surface area (Å²) < 4.78 is 7.91. The van der Waals surface area contributed by atoms with Gasteiger partial charge in [-0.25, -0.2) is 9.50 Å². The number of para-hydroxylation sites is 1. The van der Waals surface area contributed by atoms with E-state index in [1.165, 1.54) is 0 Å². The van der Waals surface area contributed by atoms with E-state index >= 15 is 0 Å². The highest BCUT2D eigenvalue weighted by atomic mass is 16.3. The Bertz CT molecular complexity index is 1490. The Labute approximate surface area is 177 Å². The first-order valence-electron chi connectivity index (χ1n) is 9.98. The summed E-state index contributed by atoms with van der Waals surface area (Å²) in [7, 11) is 0. The Morgan fingerprint density at radius 3 is 2.32 bits per heavy atom. The number of imidazole rings is 1. The fourth-order valence-corrected chi connectivity index (χ4v) is 3.64. The number of aromatic nitrogens is 3. The lowest BCUT2D eigenvalue weighted by Crippen LogP contribution is -1.85. The van der Waals surface area contributed by atoms with Crippen LogP contribution >= 0.6 is 0 Å². The number of fused-ring (bicyclic) bond motifs is 2. The van der Waals surface area contributed by atoms with Crippen LogP contribution < -0.4 is 0 Å². The van der Waals surface area contributed by atoms with E-state index in [4.69, 9.17) is 9.40 Å². The third-order valence-corrected chi connectivity index (χ3v) is 5.14. The van der Waals surface area contributed by atoms with Gasteiger partial charge in [-0.15, -0.1) is 10.2 Å². The summed E-state index contributed by atoms with van der Waals surface area (Å²) >= 11 is 0. The topological polar surface area (TPSA) is 70.9 Å². The first-order valence-corrected chi connectivity index (χ1v) is 9.98. The monoisotopic (exact) mass is 403 g/mol. The maximum atomic E-state index is 6.07. The molecule has 0 aliphatic heterocycles. The zero-order valence-electron chi connectivity index (χ0n) is 16.4. The number of hydrogen-bond donors (Lipinski definition) is 1. The van der Waals surface area contributed by atoms with E-state index < -0.39 is 0 Å². The second-order valence-electron chi connectivity index (χ2n) is 7.20.